The summed E-state index contributed by atoms with van der Waals surface area (Å²) < 4.78 is 0. The molecule has 0 radical (unpaired) electrons. The molecule has 104 valence electrons. The topological polar surface area (TPSA) is 32.5 Å². The molecule has 2 rings (SSSR count). The number of likely N-dealkylation sites (N-methyl/N-ethyl adjacent to an activating group) is 1. The van der Waals surface area contributed by atoms with Gasteiger partial charge in [0.25, 0.3) is 0 Å². The van der Waals surface area contributed by atoms with Gasteiger partial charge in [-0.1, -0.05) is 43.4 Å². The van der Waals surface area contributed by atoms with E-state index in [1.807, 2.05) is 12.1 Å². The molecule has 1 saturated heterocycles. The van der Waals surface area contributed by atoms with Gasteiger partial charge in [0, 0.05) is 37.8 Å². The van der Waals surface area contributed by atoms with Crippen LogP contribution in [0.15, 0.2) is 24.3 Å². The molecule has 1 fully saturated rings. The Bertz CT molecular complexity index is 430. The molecular formula is C15H23N3S. The summed E-state index contributed by atoms with van der Waals surface area (Å²) in [5, 5.41) is 0. The van der Waals surface area contributed by atoms with Crippen molar-refractivity contribution in [1.82, 2.24) is 9.80 Å². The van der Waals surface area contributed by atoms with Crippen LogP contribution in [-0.4, -0.2) is 47.5 Å². The SMILES string of the molecule is CCC1CN(Cc2ccc(C(N)=S)cc2)CCN1C. The second-order valence-electron chi connectivity index (χ2n) is 5.34. The van der Waals surface area contributed by atoms with Crippen molar-refractivity contribution in [2.75, 3.05) is 26.7 Å². The maximum absolute atomic E-state index is 5.62. The zero-order chi connectivity index (χ0) is 13.8. The number of thiocarbonyl (C=S) groups is 1. The molecule has 0 saturated carbocycles. The Balaban J connectivity index is 1.95. The van der Waals surface area contributed by atoms with E-state index in [1.54, 1.807) is 0 Å². The molecule has 0 aromatic heterocycles. The Morgan fingerprint density at radius 1 is 1.32 bits per heavy atom. The van der Waals surface area contributed by atoms with E-state index in [1.165, 1.54) is 12.0 Å². The van der Waals surface area contributed by atoms with Crippen LogP contribution in [0.4, 0.5) is 0 Å². The van der Waals surface area contributed by atoms with Crippen LogP contribution in [0.1, 0.15) is 24.5 Å². The van der Waals surface area contributed by atoms with Crippen LogP contribution < -0.4 is 5.73 Å². The van der Waals surface area contributed by atoms with Crippen molar-refractivity contribution < 1.29 is 0 Å². The average Bonchev–Trinajstić information content (AvgIpc) is 2.41. The molecule has 1 heterocycles. The van der Waals surface area contributed by atoms with Crippen LogP contribution in [0.2, 0.25) is 0 Å². The Hall–Kier alpha value is -0.970. The minimum Gasteiger partial charge on any atom is -0.389 e. The first kappa shape index (κ1) is 14.4. The smallest absolute Gasteiger partial charge is 0.103 e. The molecule has 1 atom stereocenters. The molecular weight excluding hydrogens is 254 g/mol. The molecule has 1 aromatic carbocycles. The number of hydrogen-bond donors (Lipinski definition) is 1. The Morgan fingerprint density at radius 2 is 2.00 bits per heavy atom. The Labute approximate surface area is 121 Å². The lowest BCUT2D eigenvalue weighted by Gasteiger charge is -2.39. The van der Waals surface area contributed by atoms with Gasteiger partial charge in [-0.15, -0.1) is 0 Å². The first-order chi connectivity index (χ1) is 9.10. The lowest BCUT2D eigenvalue weighted by atomic mass is 10.1. The second kappa shape index (κ2) is 6.46. The van der Waals surface area contributed by atoms with E-state index < -0.39 is 0 Å². The molecule has 19 heavy (non-hydrogen) atoms. The van der Waals surface area contributed by atoms with Crippen molar-refractivity contribution >= 4 is 17.2 Å². The number of rotatable bonds is 4. The summed E-state index contributed by atoms with van der Waals surface area (Å²) in [7, 11) is 2.22. The number of hydrogen-bond acceptors (Lipinski definition) is 3. The van der Waals surface area contributed by atoms with Crippen molar-refractivity contribution in [2.45, 2.75) is 25.9 Å². The number of piperazine rings is 1. The van der Waals surface area contributed by atoms with Crippen molar-refractivity contribution in [3.63, 3.8) is 0 Å². The molecule has 0 aliphatic carbocycles. The van der Waals surface area contributed by atoms with Gasteiger partial charge in [0.1, 0.15) is 4.99 Å². The number of benzene rings is 1. The molecule has 4 heteroatoms. The molecule has 3 nitrogen and oxygen atoms in total. The van der Waals surface area contributed by atoms with E-state index in [4.69, 9.17) is 18.0 Å². The molecule has 1 aliphatic rings. The van der Waals surface area contributed by atoms with Gasteiger partial charge in [0.05, 0.1) is 0 Å². The Morgan fingerprint density at radius 3 is 2.58 bits per heavy atom. The summed E-state index contributed by atoms with van der Waals surface area (Å²) >= 11 is 4.97. The van der Waals surface area contributed by atoms with E-state index in [-0.39, 0.29) is 0 Å². The van der Waals surface area contributed by atoms with Gasteiger partial charge in [0.15, 0.2) is 0 Å². The monoisotopic (exact) mass is 277 g/mol. The highest BCUT2D eigenvalue weighted by atomic mass is 32.1. The van der Waals surface area contributed by atoms with Crippen molar-refractivity contribution in [3.8, 4) is 0 Å². The molecule has 1 aliphatic heterocycles. The van der Waals surface area contributed by atoms with E-state index in [9.17, 15) is 0 Å². The third-order valence-electron chi connectivity index (χ3n) is 3.98. The highest BCUT2D eigenvalue weighted by molar-refractivity contribution is 7.80. The third-order valence-corrected chi connectivity index (χ3v) is 4.21. The molecule has 0 spiro atoms. The number of nitrogens with two attached hydrogens (primary N) is 1. The van der Waals surface area contributed by atoms with Gasteiger partial charge in [-0.05, 0) is 19.0 Å². The van der Waals surface area contributed by atoms with Gasteiger partial charge in [0.2, 0.25) is 0 Å². The van der Waals surface area contributed by atoms with Gasteiger partial charge >= 0.3 is 0 Å². The number of nitrogens with zero attached hydrogens (tertiary/aromatic N) is 2. The van der Waals surface area contributed by atoms with Gasteiger partial charge < -0.3 is 10.6 Å². The highest BCUT2D eigenvalue weighted by Gasteiger charge is 2.22. The maximum atomic E-state index is 5.62. The van der Waals surface area contributed by atoms with Gasteiger partial charge in [-0.3, -0.25) is 4.90 Å². The van der Waals surface area contributed by atoms with Crippen LogP contribution >= 0.6 is 12.2 Å². The lowest BCUT2D eigenvalue weighted by Crippen LogP contribution is -2.50. The first-order valence-electron chi connectivity index (χ1n) is 6.91. The van der Waals surface area contributed by atoms with Crippen molar-refractivity contribution in [3.05, 3.63) is 35.4 Å². The Kier molecular flexibility index (Phi) is 4.91. The van der Waals surface area contributed by atoms with Gasteiger partial charge in [-0.2, -0.15) is 0 Å². The third kappa shape index (κ3) is 3.75. The first-order valence-corrected chi connectivity index (χ1v) is 7.32. The van der Waals surface area contributed by atoms with E-state index in [0.29, 0.717) is 11.0 Å². The fraction of sp³-hybridized carbons (Fsp3) is 0.533. The van der Waals surface area contributed by atoms with Crippen LogP contribution in [-0.2, 0) is 6.54 Å². The predicted octanol–water partition coefficient (Wildman–Crippen LogP) is 1.85. The second-order valence-corrected chi connectivity index (χ2v) is 5.78. The van der Waals surface area contributed by atoms with Crippen LogP contribution in [0.5, 0.6) is 0 Å². The van der Waals surface area contributed by atoms with E-state index >= 15 is 0 Å². The lowest BCUT2D eigenvalue weighted by molar-refractivity contribution is 0.0884. The molecule has 1 unspecified atom stereocenters. The fourth-order valence-corrected chi connectivity index (χ4v) is 2.76. The minimum atomic E-state index is 0.470. The summed E-state index contributed by atoms with van der Waals surface area (Å²) in [6.07, 6.45) is 1.22. The molecule has 0 bridgehead atoms. The average molecular weight is 277 g/mol. The van der Waals surface area contributed by atoms with Crippen molar-refractivity contribution in [1.29, 1.82) is 0 Å². The van der Waals surface area contributed by atoms with Gasteiger partial charge in [-0.25, -0.2) is 0 Å². The summed E-state index contributed by atoms with van der Waals surface area (Å²) in [4.78, 5) is 5.47. The summed E-state index contributed by atoms with van der Waals surface area (Å²) in [5.74, 6) is 0. The van der Waals surface area contributed by atoms with Crippen LogP contribution in [0.3, 0.4) is 0 Å². The molecule has 2 N–H and O–H groups in total. The summed E-state index contributed by atoms with van der Waals surface area (Å²) in [6, 6.07) is 8.99. The van der Waals surface area contributed by atoms with E-state index in [2.05, 4.69) is 35.9 Å². The summed E-state index contributed by atoms with van der Waals surface area (Å²) in [5.41, 5.74) is 7.90. The summed E-state index contributed by atoms with van der Waals surface area (Å²) in [6.45, 7) is 6.74. The van der Waals surface area contributed by atoms with Crippen LogP contribution in [0.25, 0.3) is 0 Å². The van der Waals surface area contributed by atoms with Crippen LogP contribution in [0, 0.1) is 0 Å². The maximum Gasteiger partial charge on any atom is 0.103 e. The highest BCUT2D eigenvalue weighted by Crippen LogP contribution is 2.14. The largest absolute Gasteiger partial charge is 0.389 e. The normalized spacial score (nSPS) is 21.5. The van der Waals surface area contributed by atoms with E-state index in [0.717, 1.165) is 31.7 Å². The molecule has 0 amide bonds. The fourth-order valence-electron chi connectivity index (χ4n) is 2.63. The van der Waals surface area contributed by atoms with Crippen molar-refractivity contribution in [2.24, 2.45) is 5.73 Å². The molecule has 1 aromatic rings. The zero-order valence-corrected chi connectivity index (χ0v) is 12.6. The standard InChI is InChI=1S/C15H23N3S/c1-3-14-11-18(9-8-17(14)2)10-12-4-6-13(7-5-12)15(16)19/h4-7,14H,3,8-11H2,1-2H3,(H2,16,19). The predicted molar refractivity (Wildman–Crippen MR) is 84.3 cm³/mol. The quantitative estimate of drug-likeness (QED) is 0.851. The zero-order valence-electron chi connectivity index (χ0n) is 11.8. The minimum absolute atomic E-state index is 0.470.